The molecule has 0 spiro atoms. The molecular formula is C17H23ClN2. The van der Waals surface area contributed by atoms with Crippen LogP contribution in [0.25, 0.3) is 11.0 Å². The van der Waals surface area contributed by atoms with Gasteiger partial charge in [-0.3, -0.25) is 0 Å². The maximum atomic E-state index is 6.38. The van der Waals surface area contributed by atoms with Crippen molar-refractivity contribution in [2.75, 3.05) is 0 Å². The van der Waals surface area contributed by atoms with Crippen molar-refractivity contribution in [2.45, 2.75) is 58.4 Å². The lowest BCUT2D eigenvalue weighted by atomic mass is 10.0. The van der Waals surface area contributed by atoms with E-state index in [0.717, 1.165) is 17.9 Å². The number of benzene rings is 1. The predicted octanol–water partition coefficient (Wildman–Crippen LogP) is 5.22. The molecule has 1 aliphatic rings. The lowest BCUT2D eigenvalue weighted by Crippen LogP contribution is -2.15. The maximum Gasteiger partial charge on any atom is 0.127 e. The van der Waals surface area contributed by atoms with E-state index in [0.29, 0.717) is 5.41 Å². The summed E-state index contributed by atoms with van der Waals surface area (Å²) >= 11 is 6.38. The van der Waals surface area contributed by atoms with Crippen LogP contribution in [0.3, 0.4) is 0 Å². The molecule has 0 radical (unpaired) electrons. The molecule has 108 valence electrons. The van der Waals surface area contributed by atoms with Crippen LogP contribution in [0, 0.1) is 12.3 Å². The van der Waals surface area contributed by atoms with Crippen LogP contribution in [0.15, 0.2) is 18.2 Å². The molecule has 0 aliphatic heterocycles. The Hall–Kier alpha value is -1.02. The van der Waals surface area contributed by atoms with Gasteiger partial charge < -0.3 is 4.57 Å². The Morgan fingerprint density at radius 1 is 1.40 bits per heavy atom. The molecule has 1 aliphatic carbocycles. The molecule has 1 atom stereocenters. The number of nitrogens with zero attached hydrogens (tertiary/aromatic N) is 2. The Labute approximate surface area is 126 Å². The molecule has 0 amide bonds. The quantitative estimate of drug-likeness (QED) is 0.690. The van der Waals surface area contributed by atoms with Crippen molar-refractivity contribution in [3.63, 3.8) is 0 Å². The number of halogens is 1. The van der Waals surface area contributed by atoms with Gasteiger partial charge in [0.2, 0.25) is 0 Å². The van der Waals surface area contributed by atoms with Crippen LogP contribution in [-0.2, 0) is 6.54 Å². The van der Waals surface area contributed by atoms with E-state index >= 15 is 0 Å². The SMILES string of the molecule is CCCC1(Cn2c(C(C)Cl)nc3cccc(C)c32)CC1. The second-order valence-electron chi connectivity index (χ2n) is 6.36. The van der Waals surface area contributed by atoms with Gasteiger partial charge in [0, 0.05) is 6.54 Å². The Kier molecular flexibility index (Phi) is 3.53. The van der Waals surface area contributed by atoms with Crippen molar-refractivity contribution >= 4 is 22.6 Å². The van der Waals surface area contributed by atoms with Gasteiger partial charge in [-0.2, -0.15) is 0 Å². The first-order valence-corrected chi connectivity index (χ1v) is 8.10. The minimum absolute atomic E-state index is 0.0424. The Morgan fingerprint density at radius 3 is 2.75 bits per heavy atom. The van der Waals surface area contributed by atoms with Crippen molar-refractivity contribution in [1.29, 1.82) is 0 Å². The molecule has 3 heteroatoms. The summed E-state index contributed by atoms with van der Waals surface area (Å²) in [6, 6.07) is 6.35. The average molecular weight is 291 g/mol. The van der Waals surface area contributed by atoms with Crippen LogP contribution in [0.1, 0.15) is 56.3 Å². The van der Waals surface area contributed by atoms with E-state index in [2.05, 4.69) is 36.6 Å². The van der Waals surface area contributed by atoms with Crippen LogP contribution in [0.5, 0.6) is 0 Å². The first-order chi connectivity index (χ1) is 9.56. The van der Waals surface area contributed by atoms with Crippen LogP contribution in [0.2, 0.25) is 0 Å². The van der Waals surface area contributed by atoms with Gasteiger partial charge in [0.15, 0.2) is 0 Å². The zero-order valence-corrected chi connectivity index (χ0v) is 13.4. The van der Waals surface area contributed by atoms with Gasteiger partial charge in [-0.15, -0.1) is 11.6 Å². The lowest BCUT2D eigenvalue weighted by molar-refractivity contribution is 0.387. The third-order valence-corrected chi connectivity index (χ3v) is 4.78. The van der Waals surface area contributed by atoms with E-state index in [1.54, 1.807) is 0 Å². The number of aryl methyl sites for hydroxylation is 1. The van der Waals surface area contributed by atoms with E-state index in [1.165, 1.54) is 36.8 Å². The highest BCUT2D eigenvalue weighted by Crippen LogP contribution is 2.51. The summed E-state index contributed by atoms with van der Waals surface area (Å²) in [4.78, 5) is 4.78. The number of aromatic nitrogens is 2. The van der Waals surface area contributed by atoms with Gasteiger partial charge in [0.1, 0.15) is 5.82 Å². The molecule has 3 rings (SSSR count). The van der Waals surface area contributed by atoms with Crippen LogP contribution in [-0.4, -0.2) is 9.55 Å². The molecule has 20 heavy (non-hydrogen) atoms. The first-order valence-electron chi connectivity index (χ1n) is 7.66. The molecule has 0 bridgehead atoms. The van der Waals surface area contributed by atoms with Gasteiger partial charge in [-0.05, 0) is 50.2 Å². The van der Waals surface area contributed by atoms with Crippen molar-refractivity contribution < 1.29 is 0 Å². The van der Waals surface area contributed by atoms with Crippen molar-refractivity contribution in [3.8, 4) is 0 Å². The first kappa shape index (κ1) is 13.9. The fourth-order valence-corrected chi connectivity index (χ4v) is 3.54. The maximum absolute atomic E-state index is 6.38. The topological polar surface area (TPSA) is 17.8 Å². The molecule has 1 fully saturated rings. The second-order valence-corrected chi connectivity index (χ2v) is 7.02. The van der Waals surface area contributed by atoms with E-state index < -0.39 is 0 Å². The van der Waals surface area contributed by atoms with Crippen LogP contribution >= 0.6 is 11.6 Å². The third kappa shape index (κ3) is 2.35. The molecule has 2 nitrogen and oxygen atoms in total. The number of alkyl halides is 1. The number of imidazole rings is 1. The molecule has 0 saturated heterocycles. The van der Waals surface area contributed by atoms with Crippen LogP contribution < -0.4 is 0 Å². The standard InChI is InChI=1S/C17H23ClN2/c1-4-8-17(9-10-17)11-20-15-12(2)6-5-7-14(15)19-16(20)13(3)18/h5-7,13H,4,8-11H2,1-3H3. The smallest absolute Gasteiger partial charge is 0.127 e. The van der Waals surface area contributed by atoms with Crippen molar-refractivity contribution in [2.24, 2.45) is 5.41 Å². The zero-order valence-electron chi connectivity index (χ0n) is 12.6. The summed E-state index contributed by atoms with van der Waals surface area (Å²) in [6.45, 7) is 7.55. The molecule has 1 aromatic heterocycles. The normalized spacial score (nSPS) is 18.4. The summed E-state index contributed by atoms with van der Waals surface area (Å²) in [5, 5.41) is -0.0424. The van der Waals surface area contributed by atoms with E-state index in [9.17, 15) is 0 Å². The summed E-state index contributed by atoms with van der Waals surface area (Å²) < 4.78 is 2.39. The zero-order chi connectivity index (χ0) is 14.3. The molecule has 1 aromatic carbocycles. The number of para-hydroxylation sites is 1. The highest BCUT2D eigenvalue weighted by Gasteiger charge is 2.42. The minimum Gasteiger partial charge on any atom is -0.326 e. The Balaban J connectivity index is 2.09. The Bertz CT molecular complexity index is 623. The molecule has 0 N–H and O–H groups in total. The number of fused-ring (bicyclic) bond motifs is 1. The Morgan fingerprint density at radius 2 is 2.15 bits per heavy atom. The van der Waals surface area contributed by atoms with Gasteiger partial charge in [-0.1, -0.05) is 25.5 Å². The van der Waals surface area contributed by atoms with Crippen molar-refractivity contribution in [3.05, 3.63) is 29.6 Å². The highest BCUT2D eigenvalue weighted by atomic mass is 35.5. The molecule has 2 aromatic rings. The number of hydrogen-bond acceptors (Lipinski definition) is 1. The fourth-order valence-electron chi connectivity index (χ4n) is 3.38. The molecular weight excluding hydrogens is 268 g/mol. The number of rotatable bonds is 5. The average Bonchev–Trinajstić information content (AvgIpc) is 3.03. The summed E-state index contributed by atoms with van der Waals surface area (Å²) in [6.07, 6.45) is 5.27. The van der Waals surface area contributed by atoms with Gasteiger partial charge >= 0.3 is 0 Å². The van der Waals surface area contributed by atoms with Gasteiger partial charge in [0.25, 0.3) is 0 Å². The molecule has 1 heterocycles. The lowest BCUT2D eigenvalue weighted by Gasteiger charge is -2.19. The fraction of sp³-hybridized carbons (Fsp3) is 0.588. The molecule has 1 unspecified atom stereocenters. The predicted molar refractivity (Wildman–Crippen MR) is 85.3 cm³/mol. The minimum atomic E-state index is -0.0424. The molecule has 1 saturated carbocycles. The van der Waals surface area contributed by atoms with Crippen LogP contribution in [0.4, 0.5) is 0 Å². The number of hydrogen-bond donors (Lipinski definition) is 0. The van der Waals surface area contributed by atoms with Gasteiger partial charge in [-0.25, -0.2) is 4.98 Å². The van der Waals surface area contributed by atoms with E-state index in [4.69, 9.17) is 16.6 Å². The third-order valence-electron chi connectivity index (χ3n) is 4.58. The van der Waals surface area contributed by atoms with Gasteiger partial charge in [0.05, 0.1) is 16.4 Å². The summed E-state index contributed by atoms with van der Waals surface area (Å²) in [5.41, 5.74) is 4.16. The second kappa shape index (κ2) is 5.07. The highest BCUT2D eigenvalue weighted by molar-refractivity contribution is 6.20. The summed E-state index contributed by atoms with van der Waals surface area (Å²) in [7, 11) is 0. The summed E-state index contributed by atoms with van der Waals surface area (Å²) in [5.74, 6) is 1.03. The monoisotopic (exact) mass is 290 g/mol. The van der Waals surface area contributed by atoms with E-state index in [-0.39, 0.29) is 5.38 Å². The van der Waals surface area contributed by atoms with Crippen molar-refractivity contribution in [1.82, 2.24) is 9.55 Å². The van der Waals surface area contributed by atoms with E-state index in [1.807, 2.05) is 6.92 Å². The largest absolute Gasteiger partial charge is 0.326 e.